The number of carbonyl (C=O) groups excluding carboxylic acids is 1. The minimum Gasteiger partial charge on any atom is -0.497 e. The van der Waals surface area contributed by atoms with Crippen molar-refractivity contribution in [3.8, 4) is 10.9 Å². The minimum atomic E-state index is -0.193. The van der Waals surface area contributed by atoms with Crippen molar-refractivity contribution in [2.45, 2.75) is 37.5 Å². The number of ether oxygens (including phenoxy) is 2. The Morgan fingerprint density at radius 2 is 1.94 bits per heavy atom. The number of likely N-dealkylation sites (tertiary alicyclic amines) is 1. The third-order valence-electron chi connectivity index (χ3n) is 6.00. The maximum Gasteiger partial charge on any atom is 0.274 e. The molecule has 1 amide bonds. The highest BCUT2D eigenvalue weighted by Gasteiger charge is 2.34. The van der Waals surface area contributed by atoms with Crippen LogP contribution in [0.15, 0.2) is 48.5 Å². The van der Waals surface area contributed by atoms with E-state index in [9.17, 15) is 4.79 Å². The Balaban J connectivity index is 1.14. The minimum absolute atomic E-state index is 0.0817. The number of nitrogens with one attached hydrogen (secondary N) is 2. The number of rotatable bonds is 5. The fourth-order valence-electron chi connectivity index (χ4n) is 4.24. The molecule has 0 saturated carbocycles. The fraction of sp³-hybridized carbons (Fsp3) is 0.391. The van der Waals surface area contributed by atoms with Gasteiger partial charge in [0, 0.05) is 32.0 Å². The van der Waals surface area contributed by atoms with Gasteiger partial charge in [-0.3, -0.25) is 4.79 Å². The molecule has 2 unspecified atom stereocenters. The highest BCUT2D eigenvalue weighted by atomic mass is 32.1. The van der Waals surface area contributed by atoms with Crippen LogP contribution in [-0.2, 0) is 4.79 Å². The van der Waals surface area contributed by atoms with E-state index in [2.05, 4.69) is 28.0 Å². The molecule has 2 aromatic carbocycles. The van der Waals surface area contributed by atoms with Crippen molar-refractivity contribution in [3.05, 3.63) is 54.1 Å². The largest absolute Gasteiger partial charge is 0.497 e. The second kappa shape index (κ2) is 8.82. The van der Waals surface area contributed by atoms with Crippen LogP contribution in [0.25, 0.3) is 10.2 Å². The third-order valence-corrected chi connectivity index (χ3v) is 6.91. The lowest BCUT2D eigenvalue weighted by molar-refractivity contribution is -0.135. The fourth-order valence-corrected chi connectivity index (χ4v) is 5.15. The number of hydrogen-bond acceptors (Lipinski definition) is 7. The Bertz CT molecular complexity index is 1050. The van der Waals surface area contributed by atoms with Gasteiger partial charge in [0.25, 0.3) is 5.19 Å². The standard InChI is InChI=1S/C23H26N4O3S/c1-29-17-7-8-18-21(13-17)31-23(24-18)30-16-9-11-27(12-10-16)22(28)20-14-19(25-26-20)15-5-3-2-4-6-15/h2-8,13,16,19-20,25-26H,9-12,14H2,1H3. The lowest BCUT2D eigenvalue weighted by Crippen LogP contribution is -2.49. The van der Waals surface area contributed by atoms with Crippen LogP contribution in [0.4, 0.5) is 0 Å². The number of carbonyl (C=O) groups is 1. The maximum atomic E-state index is 13.0. The Labute approximate surface area is 185 Å². The molecule has 8 heteroatoms. The quantitative estimate of drug-likeness (QED) is 0.637. The molecule has 2 atom stereocenters. The second-order valence-electron chi connectivity index (χ2n) is 8.00. The van der Waals surface area contributed by atoms with Crippen molar-refractivity contribution >= 4 is 27.5 Å². The molecule has 3 aromatic rings. The summed E-state index contributed by atoms with van der Waals surface area (Å²) in [7, 11) is 1.66. The van der Waals surface area contributed by atoms with Crippen LogP contribution in [0.2, 0.25) is 0 Å². The molecular weight excluding hydrogens is 412 g/mol. The maximum absolute atomic E-state index is 13.0. The summed E-state index contributed by atoms with van der Waals surface area (Å²) in [5, 5.41) is 0.681. The Morgan fingerprint density at radius 1 is 1.13 bits per heavy atom. The number of hydrogen-bond donors (Lipinski definition) is 2. The molecule has 0 aliphatic carbocycles. The second-order valence-corrected chi connectivity index (χ2v) is 8.99. The molecule has 2 N–H and O–H groups in total. The normalized spacial score (nSPS) is 22.0. The van der Waals surface area contributed by atoms with Crippen molar-refractivity contribution in [1.82, 2.24) is 20.7 Å². The smallest absolute Gasteiger partial charge is 0.274 e. The number of methoxy groups -OCH3 is 1. The van der Waals surface area contributed by atoms with Gasteiger partial charge in [-0.15, -0.1) is 0 Å². The summed E-state index contributed by atoms with van der Waals surface area (Å²) in [6.45, 7) is 1.41. The van der Waals surface area contributed by atoms with E-state index in [0.29, 0.717) is 18.3 Å². The van der Waals surface area contributed by atoms with Crippen LogP contribution in [0.1, 0.15) is 30.9 Å². The molecule has 31 heavy (non-hydrogen) atoms. The zero-order valence-corrected chi connectivity index (χ0v) is 18.2. The lowest BCUT2D eigenvalue weighted by Gasteiger charge is -2.33. The van der Waals surface area contributed by atoms with E-state index < -0.39 is 0 Å². The lowest BCUT2D eigenvalue weighted by atomic mass is 10.0. The van der Waals surface area contributed by atoms with Gasteiger partial charge < -0.3 is 14.4 Å². The SMILES string of the molecule is COc1ccc2nc(OC3CCN(C(=O)C4CC(c5ccccc5)NN4)CC3)sc2c1. The van der Waals surface area contributed by atoms with E-state index in [1.165, 1.54) is 16.9 Å². The van der Waals surface area contributed by atoms with Crippen molar-refractivity contribution in [1.29, 1.82) is 0 Å². The van der Waals surface area contributed by atoms with Crippen LogP contribution in [-0.4, -0.2) is 48.1 Å². The monoisotopic (exact) mass is 438 g/mol. The Hall–Kier alpha value is -2.68. The van der Waals surface area contributed by atoms with E-state index in [1.54, 1.807) is 7.11 Å². The first-order valence-electron chi connectivity index (χ1n) is 10.7. The number of hydrazine groups is 1. The summed E-state index contributed by atoms with van der Waals surface area (Å²) in [6.07, 6.45) is 2.47. The predicted molar refractivity (Wildman–Crippen MR) is 120 cm³/mol. The number of piperidine rings is 1. The molecule has 3 heterocycles. The first kappa shape index (κ1) is 20.2. The average molecular weight is 439 g/mol. The molecule has 2 aliphatic rings. The molecule has 2 fully saturated rings. The zero-order valence-electron chi connectivity index (χ0n) is 17.4. The molecule has 5 rings (SSSR count). The van der Waals surface area contributed by atoms with E-state index in [1.807, 2.05) is 41.3 Å². The first-order chi connectivity index (χ1) is 15.2. The van der Waals surface area contributed by atoms with E-state index in [-0.39, 0.29) is 24.1 Å². The van der Waals surface area contributed by atoms with Crippen molar-refractivity contribution in [3.63, 3.8) is 0 Å². The van der Waals surface area contributed by atoms with Gasteiger partial charge in [0.05, 0.1) is 17.3 Å². The van der Waals surface area contributed by atoms with Crippen LogP contribution in [0.3, 0.4) is 0 Å². The molecule has 162 valence electrons. The molecule has 1 aromatic heterocycles. The summed E-state index contributed by atoms with van der Waals surface area (Å²) in [5.41, 5.74) is 8.57. The Kier molecular flexibility index (Phi) is 5.76. The number of nitrogens with zero attached hydrogens (tertiary/aromatic N) is 2. The average Bonchev–Trinajstić information content (AvgIpc) is 3.46. The third kappa shape index (κ3) is 4.37. The highest BCUT2D eigenvalue weighted by Crippen LogP contribution is 2.32. The predicted octanol–water partition coefficient (Wildman–Crippen LogP) is 3.28. The van der Waals surface area contributed by atoms with Gasteiger partial charge in [-0.25, -0.2) is 15.8 Å². The van der Waals surface area contributed by atoms with Gasteiger partial charge in [-0.1, -0.05) is 41.7 Å². The summed E-state index contributed by atoms with van der Waals surface area (Å²) in [6, 6.07) is 16.0. The first-order valence-corrected chi connectivity index (χ1v) is 11.5. The van der Waals surface area contributed by atoms with Crippen molar-refractivity contribution in [2.24, 2.45) is 0 Å². The van der Waals surface area contributed by atoms with Crippen LogP contribution < -0.4 is 20.3 Å². The van der Waals surface area contributed by atoms with Crippen molar-refractivity contribution < 1.29 is 14.3 Å². The topological polar surface area (TPSA) is 75.7 Å². The molecular formula is C23H26N4O3S. The van der Waals surface area contributed by atoms with Crippen LogP contribution in [0.5, 0.6) is 10.9 Å². The van der Waals surface area contributed by atoms with Gasteiger partial charge in [0.1, 0.15) is 17.9 Å². The summed E-state index contributed by atoms with van der Waals surface area (Å²) >= 11 is 1.53. The molecule has 7 nitrogen and oxygen atoms in total. The van der Waals surface area contributed by atoms with Crippen LogP contribution in [0, 0.1) is 0 Å². The Morgan fingerprint density at radius 3 is 2.71 bits per heavy atom. The molecule has 0 spiro atoms. The number of aromatic nitrogens is 1. The summed E-state index contributed by atoms with van der Waals surface area (Å²) in [5.74, 6) is 0.982. The van der Waals surface area contributed by atoms with E-state index in [0.717, 1.165) is 35.2 Å². The molecule has 2 aliphatic heterocycles. The highest BCUT2D eigenvalue weighted by molar-refractivity contribution is 7.20. The van der Waals surface area contributed by atoms with Crippen molar-refractivity contribution in [2.75, 3.05) is 20.2 Å². The zero-order chi connectivity index (χ0) is 21.2. The van der Waals surface area contributed by atoms with E-state index >= 15 is 0 Å². The number of benzene rings is 2. The van der Waals surface area contributed by atoms with Crippen LogP contribution >= 0.6 is 11.3 Å². The van der Waals surface area contributed by atoms with E-state index in [4.69, 9.17) is 9.47 Å². The molecule has 0 radical (unpaired) electrons. The van der Waals surface area contributed by atoms with Gasteiger partial charge in [-0.2, -0.15) is 0 Å². The number of amides is 1. The molecule has 2 saturated heterocycles. The summed E-state index contributed by atoms with van der Waals surface area (Å²) in [4.78, 5) is 19.5. The number of fused-ring (bicyclic) bond motifs is 1. The summed E-state index contributed by atoms with van der Waals surface area (Å²) < 4.78 is 12.5. The number of thiazole rings is 1. The van der Waals surface area contributed by atoms with Gasteiger partial charge in [-0.05, 0) is 30.2 Å². The van der Waals surface area contributed by atoms with Gasteiger partial charge in [0.15, 0.2) is 0 Å². The van der Waals surface area contributed by atoms with Gasteiger partial charge >= 0.3 is 0 Å². The molecule has 0 bridgehead atoms. The van der Waals surface area contributed by atoms with Gasteiger partial charge in [0.2, 0.25) is 5.91 Å².